The fraction of sp³-hybridized carbons (Fsp3) is 0.500. The van der Waals surface area contributed by atoms with Gasteiger partial charge in [-0.1, -0.05) is 13.8 Å². The Kier molecular flexibility index (Phi) is 4.20. The summed E-state index contributed by atoms with van der Waals surface area (Å²) in [5.41, 5.74) is 0.998. The van der Waals surface area contributed by atoms with Crippen LogP contribution in [-0.4, -0.2) is 38.7 Å². The van der Waals surface area contributed by atoms with Crippen molar-refractivity contribution in [2.45, 2.75) is 45.6 Å². The molecule has 0 bridgehead atoms. The molecule has 0 unspecified atom stereocenters. The van der Waals surface area contributed by atoms with Gasteiger partial charge in [-0.25, -0.2) is 9.67 Å². The largest absolute Gasteiger partial charge is 0.339 e. The molecule has 122 valence electrons. The molecule has 3 rings (SSSR count). The smallest absolute Gasteiger partial charge is 0.257 e. The maximum atomic E-state index is 13.0. The van der Waals surface area contributed by atoms with Crippen LogP contribution < -0.4 is 0 Å². The lowest BCUT2D eigenvalue weighted by Crippen LogP contribution is -2.41. The van der Waals surface area contributed by atoms with Gasteiger partial charge in [-0.15, -0.1) is 0 Å². The van der Waals surface area contributed by atoms with Crippen LogP contribution in [-0.2, 0) is 0 Å². The van der Waals surface area contributed by atoms with Crippen LogP contribution in [0.5, 0.6) is 0 Å². The molecule has 0 saturated heterocycles. The molecular formula is C18H24N4O. The maximum absolute atomic E-state index is 13.0. The summed E-state index contributed by atoms with van der Waals surface area (Å²) in [6, 6.07) is 5.77. The third-order valence-electron chi connectivity index (χ3n) is 4.92. The normalized spacial score (nSPS) is 17.9. The van der Waals surface area contributed by atoms with E-state index in [9.17, 15) is 4.79 Å². The molecule has 1 amide bonds. The van der Waals surface area contributed by atoms with Crippen molar-refractivity contribution in [3.8, 4) is 5.82 Å². The Morgan fingerprint density at radius 2 is 2.00 bits per heavy atom. The van der Waals surface area contributed by atoms with Crippen LogP contribution >= 0.6 is 0 Å². The highest BCUT2D eigenvalue weighted by Crippen LogP contribution is 2.37. The van der Waals surface area contributed by atoms with E-state index in [1.54, 1.807) is 23.1 Å². The molecule has 0 N–H and O–H groups in total. The van der Waals surface area contributed by atoms with E-state index < -0.39 is 0 Å². The molecular weight excluding hydrogens is 288 g/mol. The molecule has 1 aliphatic carbocycles. The number of aromatic nitrogens is 3. The monoisotopic (exact) mass is 312 g/mol. The van der Waals surface area contributed by atoms with Crippen molar-refractivity contribution in [3.63, 3.8) is 0 Å². The summed E-state index contributed by atoms with van der Waals surface area (Å²) in [6.07, 6.45) is 9.64. The van der Waals surface area contributed by atoms with Crippen LogP contribution in [0.2, 0.25) is 0 Å². The summed E-state index contributed by atoms with van der Waals surface area (Å²) in [6.45, 7) is 4.62. The lowest BCUT2D eigenvalue weighted by molar-refractivity contribution is 0.0635. The molecule has 0 aliphatic heterocycles. The Hall–Kier alpha value is -2.17. The Balaban J connectivity index is 1.81. The second kappa shape index (κ2) is 6.14. The third-order valence-corrected chi connectivity index (χ3v) is 4.92. The summed E-state index contributed by atoms with van der Waals surface area (Å²) in [4.78, 5) is 19.2. The van der Waals surface area contributed by atoms with E-state index in [2.05, 4.69) is 23.9 Å². The van der Waals surface area contributed by atoms with Gasteiger partial charge in [-0.3, -0.25) is 4.79 Å². The number of amides is 1. The second-order valence-electron chi connectivity index (χ2n) is 7.14. The number of hydrogen-bond acceptors (Lipinski definition) is 3. The van der Waals surface area contributed by atoms with Gasteiger partial charge in [-0.05, 0) is 49.3 Å². The van der Waals surface area contributed by atoms with E-state index in [1.807, 2.05) is 30.3 Å². The van der Waals surface area contributed by atoms with Gasteiger partial charge in [0.05, 0.1) is 5.56 Å². The minimum Gasteiger partial charge on any atom is -0.339 e. The van der Waals surface area contributed by atoms with Crippen molar-refractivity contribution in [2.75, 3.05) is 7.05 Å². The van der Waals surface area contributed by atoms with E-state index in [4.69, 9.17) is 0 Å². The number of hydrogen-bond donors (Lipinski definition) is 0. The highest BCUT2D eigenvalue weighted by Gasteiger charge is 2.31. The van der Waals surface area contributed by atoms with Crippen molar-refractivity contribution in [1.29, 1.82) is 0 Å². The molecule has 0 radical (unpaired) electrons. The topological polar surface area (TPSA) is 51.0 Å². The molecule has 0 spiro atoms. The molecule has 5 heteroatoms. The number of nitrogens with zero attached hydrogens (tertiary/aromatic N) is 4. The predicted molar refractivity (Wildman–Crippen MR) is 89.5 cm³/mol. The summed E-state index contributed by atoms with van der Waals surface area (Å²) in [5.74, 6) is 0.610. The van der Waals surface area contributed by atoms with Gasteiger partial charge in [-0.2, -0.15) is 5.10 Å². The van der Waals surface area contributed by atoms with Crippen LogP contribution in [0, 0.1) is 5.41 Å². The van der Waals surface area contributed by atoms with Gasteiger partial charge in [0.15, 0.2) is 5.82 Å². The van der Waals surface area contributed by atoms with Gasteiger partial charge in [0.25, 0.3) is 5.91 Å². The number of rotatable bonds is 3. The lowest BCUT2D eigenvalue weighted by atomic mass is 9.75. The van der Waals surface area contributed by atoms with Crippen LogP contribution in [0.1, 0.15) is 49.9 Å². The number of pyridine rings is 1. The van der Waals surface area contributed by atoms with Crippen molar-refractivity contribution >= 4 is 5.91 Å². The lowest BCUT2D eigenvalue weighted by Gasteiger charge is -2.38. The van der Waals surface area contributed by atoms with Crippen molar-refractivity contribution in [1.82, 2.24) is 19.7 Å². The first-order valence-corrected chi connectivity index (χ1v) is 8.20. The first kappa shape index (κ1) is 15.7. The van der Waals surface area contributed by atoms with Gasteiger partial charge in [0, 0.05) is 31.7 Å². The highest BCUT2D eigenvalue weighted by molar-refractivity contribution is 5.97. The van der Waals surface area contributed by atoms with E-state index in [0.717, 1.165) is 25.7 Å². The van der Waals surface area contributed by atoms with Crippen LogP contribution in [0.3, 0.4) is 0 Å². The zero-order chi connectivity index (χ0) is 16.4. The molecule has 0 aromatic carbocycles. The minimum atomic E-state index is 0.0216. The predicted octanol–water partition coefficient (Wildman–Crippen LogP) is 3.31. The molecule has 23 heavy (non-hydrogen) atoms. The van der Waals surface area contributed by atoms with E-state index in [1.165, 1.54) is 0 Å². The zero-order valence-corrected chi connectivity index (χ0v) is 14.1. The fourth-order valence-electron chi connectivity index (χ4n) is 3.27. The van der Waals surface area contributed by atoms with Crippen molar-refractivity contribution in [2.24, 2.45) is 5.41 Å². The van der Waals surface area contributed by atoms with Crippen LogP contribution in [0.15, 0.2) is 36.8 Å². The number of carbonyl (C=O) groups is 1. The zero-order valence-electron chi connectivity index (χ0n) is 14.1. The van der Waals surface area contributed by atoms with Gasteiger partial charge >= 0.3 is 0 Å². The van der Waals surface area contributed by atoms with E-state index >= 15 is 0 Å². The Bertz CT molecular complexity index is 668. The van der Waals surface area contributed by atoms with E-state index in [-0.39, 0.29) is 5.91 Å². The Labute approximate surface area is 137 Å². The van der Waals surface area contributed by atoms with Gasteiger partial charge < -0.3 is 4.90 Å². The second-order valence-corrected chi connectivity index (χ2v) is 7.14. The summed E-state index contributed by atoms with van der Waals surface area (Å²) in [7, 11) is 1.91. The molecule has 2 aromatic rings. The number of carbonyl (C=O) groups excluding carboxylic acids is 1. The maximum Gasteiger partial charge on any atom is 0.257 e. The molecule has 1 saturated carbocycles. The summed E-state index contributed by atoms with van der Waals surface area (Å²) >= 11 is 0. The van der Waals surface area contributed by atoms with Gasteiger partial charge in [0.1, 0.15) is 0 Å². The average molecular weight is 312 g/mol. The third kappa shape index (κ3) is 3.28. The van der Waals surface area contributed by atoms with Crippen LogP contribution in [0.4, 0.5) is 0 Å². The summed E-state index contributed by atoms with van der Waals surface area (Å²) in [5, 5.41) is 4.20. The molecule has 1 aliphatic rings. The SMILES string of the molecule is CN(C(=O)c1cccnc1-n1cccn1)C1CCC(C)(C)CC1. The first-order valence-electron chi connectivity index (χ1n) is 8.20. The first-order chi connectivity index (χ1) is 11.0. The average Bonchev–Trinajstić information content (AvgIpc) is 3.08. The molecule has 1 fully saturated rings. The molecule has 2 heterocycles. The van der Waals surface area contributed by atoms with Crippen molar-refractivity contribution in [3.05, 3.63) is 42.4 Å². The van der Waals surface area contributed by atoms with Gasteiger partial charge in [0.2, 0.25) is 0 Å². The molecule has 5 nitrogen and oxygen atoms in total. The Morgan fingerprint density at radius 3 is 2.65 bits per heavy atom. The summed E-state index contributed by atoms with van der Waals surface area (Å²) < 4.78 is 1.64. The van der Waals surface area contributed by atoms with Crippen LogP contribution in [0.25, 0.3) is 5.82 Å². The Morgan fingerprint density at radius 1 is 1.26 bits per heavy atom. The molecule has 0 atom stereocenters. The van der Waals surface area contributed by atoms with E-state index in [0.29, 0.717) is 22.8 Å². The standard InChI is InChI=1S/C18H24N4O/c1-18(2)9-7-14(8-10-18)21(3)17(23)15-6-4-11-19-16(15)22-13-5-12-20-22/h4-6,11-14H,7-10H2,1-3H3. The quantitative estimate of drug-likeness (QED) is 0.873. The van der Waals surface area contributed by atoms with Crippen molar-refractivity contribution < 1.29 is 4.79 Å². The fourth-order valence-corrected chi connectivity index (χ4v) is 3.27. The highest BCUT2D eigenvalue weighted by atomic mass is 16.2. The minimum absolute atomic E-state index is 0.0216. The molecule has 2 aromatic heterocycles.